The first-order valence-corrected chi connectivity index (χ1v) is 4.84. The molecule has 1 aromatic rings. The van der Waals surface area contributed by atoms with Crippen molar-refractivity contribution in [3.63, 3.8) is 0 Å². The van der Waals surface area contributed by atoms with Crippen molar-refractivity contribution < 1.29 is 9.59 Å². The van der Waals surface area contributed by atoms with Crippen molar-refractivity contribution in [2.24, 2.45) is 0 Å². The Bertz CT molecular complexity index is 417. The number of rotatable bonds is 1. The van der Waals surface area contributed by atoms with Crippen molar-refractivity contribution in [1.82, 2.24) is 0 Å². The van der Waals surface area contributed by atoms with Gasteiger partial charge in [0.1, 0.15) is 0 Å². The molecule has 0 atom stereocenters. The average molecular weight is 255 g/mol. The second-order valence-electron chi connectivity index (χ2n) is 3.00. The minimum absolute atomic E-state index is 0.0117. The first-order chi connectivity index (χ1) is 6.65. The average Bonchev–Trinajstić information content (AvgIpc) is 2.42. The van der Waals surface area contributed by atoms with Gasteiger partial charge in [-0.2, -0.15) is 0 Å². The van der Waals surface area contributed by atoms with Crippen LogP contribution < -0.4 is 10.6 Å². The molecule has 2 rings (SSSR count). The van der Waals surface area contributed by atoms with Gasteiger partial charge in [-0.15, -0.1) is 0 Å². The summed E-state index contributed by atoms with van der Waals surface area (Å²) in [5, 5.41) is 5.30. The fourth-order valence-electron chi connectivity index (χ4n) is 1.42. The molecule has 14 heavy (non-hydrogen) atoms. The van der Waals surface area contributed by atoms with E-state index < -0.39 is 0 Å². The third kappa shape index (κ3) is 1.77. The molecular formula is C9H7BrN2O2. The second kappa shape index (κ2) is 3.42. The third-order valence-corrected chi connectivity index (χ3v) is 2.17. The van der Waals surface area contributed by atoms with Crippen LogP contribution in [0.5, 0.6) is 0 Å². The van der Waals surface area contributed by atoms with Crippen molar-refractivity contribution in [2.75, 3.05) is 10.6 Å². The van der Waals surface area contributed by atoms with Crippen LogP contribution in [0.1, 0.15) is 5.56 Å². The van der Waals surface area contributed by atoms with Crippen LogP contribution in [0.15, 0.2) is 18.2 Å². The lowest BCUT2D eigenvalue weighted by Crippen LogP contribution is -2.03. The fraction of sp³-hybridized carbons (Fsp3) is 0.111. The number of halogens is 1. The van der Waals surface area contributed by atoms with Gasteiger partial charge in [-0.1, -0.05) is 0 Å². The van der Waals surface area contributed by atoms with E-state index in [0.717, 1.165) is 11.3 Å². The molecule has 5 heteroatoms. The van der Waals surface area contributed by atoms with Gasteiger partial charge in [0.25, 0.3) is 4.82 Å². The molecule has 4 nitrogen and oxygen atoms in total. The van der Waals surface area contributed by atoms with Crippen molar-refractivity contribution in [3.05, 3.63) is 23.8 Å². The molecule has 1 aromatic carbocycles. The molecule has 2 N–H and O–H groups in total. The maximum absolute atomic E-state index is 11.0. The normalized spacial score (nSPS) is 13.4. The van der Waals surface area contributed by atoms with E-state index in [1.165, 1.54) is 0 Å². The zero-order chi connectivity index (χ0) is 10.1. The zero-order valence-corrected chi connectivity index (χ0v) is 8.72. The number of hydrogen-bond donors (Lipinski definition) is 2. The number of amides is 2. The summed E-state index contributed by atoms with van der Waals surface area (Å²) in [5.41, 5.74) is 2.42. The molecule has 0 unspecified atom stereocenters. The van der Waals surface area contributed by atoms with Gasteiger partial charge in [0.15, 0.2) is 0 Å². The summed E-state index contributed by atoms with van der Waals surface area (Å²) >= 11 is 2.77. The number of anilines is 2. The summed E-state index contributed by atoms with van der Waals surface area (Å²) in [6, 6.07) is 5.30. The standard InChI is InChI=1S/C9H7BrN2O2/c10-9(14)11-6-1-2-7-5(3-6)4-8(13)12-7/h1-3H,4H2,(H,11,14)(H,12,13). The van der Waals surface area contributed by atoms with Gasteiger partial charge in [0, 0.05) is 27.3 Å². The van der Waals surface area contributed by atoms with Crippen LogP contribution in [0.25, 0.3) is 0 Å². The lowest BCUT2D eigenvalue weighted by Gasteiger charge is -2.03. The van der Waals surface area contributed by atoms with E-state index in [1.807, 2.05) is 0 Å². The Morgan fingerprint density at radius 3 is 3.00 bits per heavy atom. The number of fused-ring (bicyclic) bond motifs is 1. The van der Waals surface area contributed by atoms with Crippen molar-refractivity contribution in [1.29, 1.82) is 0 Å². The molecule has 0 bridgehead atoms. The predicted molar refractivity (Wildman–Crippen MR) is 56.7 cm³/mol. The van der Waals surface area contributed by atoms with Gasteiger partial charge in [-0.05, 0) is 23.8 Å². The summed E-state index contributed by atoms with van der Waals surface area (Å²) in [4.78, 5) is 21.4. The van der Waals surface area contributed by atoms with Crippen LogP contribution in [-0.4, -0.2) is 10.7 Å². The Labute approximate surface area is 88.8 Å². The number of carbonyl (C=O) groups is 2. The SMILES string of the molecule is O=C(Br)Nc1ccc2c(c1)CC(=O)N2. The molecule has 1 aliphatic rings. The summed E-state index contributed by atoms with van der Waals surface area (Å²) in [7, 11) is 0. The summed E-state index contributed by atoms with van der Waals surface area (Å²) in [6.45, 7) is 0. The molecule has 0 saturated carbocycles. The van der Waals surface area contributed by atoms with E-state index in [0.29, 0.717) is 12.1 Å². The molecule has 2 amide bonds. The van der Waals surface area contributed by atoms with Gasteiger partial charge < -0.3 is 10.6 Å². The van der Waals surface area contributed by atoms with Crippen LogP contribution in [0, 0.1) is 0 Å². The van der Waals surface area contributed by atoms with Crippen molar-refractivity contribution >= 4 is 38.0 Å². The van der Waals surface area contributed by atoms with E-state index in [1.54, 1.807) is 18.2 Å². The molecule has 0 fully saturated rings. The molecular weight excluding hydrogens is 248 g/mol. The molecule has 1 aliphatic heterocycles. The monoisotopic (exact) mass is 254 g/mol. The number of benzene rings is 1. The van der Waals surface area contributed by atoms with Crippen LogP contribution in [0.2, 0.25) is 0 Å². The second-order valence-corrected chi connectivity index (χ2v) is 3.72. The highest BCUT2D eigenvalue weighted by molar-refractivity contribution is 9.18. The Morgan fingerprint density at radius 2 is 2.29 bits per heavy atom. The van der Waals surface area contributed by atoms with Crippen LogP contribution >= 0.6 is 15.9 Å². The first kappa shape index (κ1) is 9.21. The molecule has 0 aliphatic carbocycles. The molecule has 0 saturated heterocycles. The van der Waals surface area contributed by atoms with E-state index in [4.69, 9.17) is 0 Å². The Kier molecular flexibility index (Phi) is 2.25. The zero-order valence-electron chi connectivity index (χ0n) is 7.13. The van der Waals surface area contributed by atoms with Crippen molar-refractivity contribution in [2.45, 2.75) is 6.42 Å². The van der Waals surface area contributed by atoms with Crippen LogP contribution in [0.3, 0.4) is 0 Å². The molecule has 0 spiro atoms. The van der Waals surface area contributed by atoms with Gasteiger partial charge in [-0.25, -0.2) is 0 Å². The lowest BCUT2D eigenvalue weighted by atomic mass is 10.1. The Hall–Kier alpha value is -1.36. The summed E-state index contributed by atoms with van der Waals surface area (Å²) in [5.74, 6) is -0.0117. The number of hydrogen-bond acceptors (Lipinski definition) is 2. The fourth-order valence-corrected chi connectivity index (χ4v) is 1.65. The van der Waals surface area contributed by atoms with Gasteiger partial charge >= 0.3 is 0 Å². The number of carbonyl (C=O) groups excluding carboxylic acids is 2. The van der Waals surface area contributed by atoms with Crippen LogP contribution in [0.4, 0.5) is 16.2 Å². The number of nitrogens with one attached hydrogen (secondary N) is 2. The van der Waals surface area contributed by atoms with Gasteiger partial charge in [-0.3, -0.25) is 9.59 Å². The smallest absolute Gasteiger partial charge is 0.291 e. The Morgan fingerprint density at radius 1 is 1.50 bits per heavy atom. The molecule has 1 heterocycles. The quantitative estimate of drug-likeness (QED) is 0.596. The minimum atomic E-state index is -0.297. The third-order valence-electron chi connectivity index (χ3n) is 1.97. The minimum Gasteiger partial charge on any atom is -0.326 e. The lowest BCUT2D eigenvalue weighted by molar-refractivity contribution is -0.115. The highest BCUT2D eigenvalue weighted by Crippen LogP contribution is 2.26. The summed E-state index contributed by atoms with van der Waals surface area (Å²) in [6.07, 6.45) is 0.376. The van der Waals surface area contributed by atoms with E-state index in [-0.39, 0.29) is 10.7 Å². The Balaban J connectivity index is 2.28. The molecule has 0 radical (unpaired) electrons. The summed E-state index contributed by atoms with van der Waals surface area (Å²) < 4.78 is 0. The van der Waals surface area contributed by atoms with E-state index in [2.05, 4.69) is 26.6 Å². The van der Waals surface area contributed by atoms with Gasteiger partial charge in [0.2, 0.25) is 5.91 Å². The van der Waals surface area contributed by atoms with Crippen LogP contribution in [-0.2, 0) is 11.2 Å². The highest BCUT2D eigenvalue weighted by Gasteiger charge is 2.17. The predicted octanol–water partition coefficient (Wildman–Crippen LogP) is 2.11. The van der Waals surface area contributed by atoms with E-state index >= 15 is 0 Å². The maximum Gasteiger partial charge on any atom is 0.291 e. The van der Waals surface area contributed by atoms with E-state index in [9.17, 15) is 9.59 Å². The highest BCUT2D eigenvalue weighted by atomic mass is 79.9. The first-order valence-electron chi connectivity index (χ1n) is 4.04. The maximum atomic E-state index is 11.0. The molecule has 72 valence electrons. The molecule has 0 aromatic heterocycles. The largest absolute Gasteiger partial charge is 0.326 e. The topological polar surface area (TPSA) is 58.2 Å². The van der Waals surface area contributed by atoms with Gasteiger partial charge in [0.05, 0.1) is 6.42 Å². The van der Waals surface area contributed by atoms with Crippen molar-refractivity contribution in [3.8, 4) is 0 Å².